The van der Waals surface area contributed by atoms with Gasteiger partial charge in [0.15, 0.2) is 0 Å². The van der Waals surface area contributed by atoms with Gasteiger partial charge in [0.2, 0.25) is 0 Å². The molecule has 0 fully saturated rings. The largest absolute Gasteiger partial charge is 0.494 e. The van der Waals surface area contributed by atoms with Gasteiger partial charge in [-0.15, -0.1) is 0 Å². The van der Waals surface area contributed by atoms with E-state index in [0.29, 0.717) is 6.04 Å². The summed E-state index contributed by atoms with van der Waals surface area (Å²) >= 11 is 0. The van der Waals surface area contributed by atoms with Crippen LogP contribution in [0, 0.1) is 0 Å². The van der Waals surface area contributed by atoms with Crippen molar-refractivity contribution < 1.29 is 9.47 Å². The molecule has 0 radical (unpaired) electrons. The van der Waals surface area contributed by atoms with Crippen LogP contribution in [-0.2, 0) is 0 Å². The first-order chi connectivity index (χ1) is 8.76. The molecule has 0 aliphatic rings. The number of nitrogens with one attached hydrogen (secondary N) is 1. The van der Waals surface area contributed by atoms with Gasteiger partial charge in [-0.2, -0.15) is 0 Å². The molecule has 1 aromatic rings. The molecule has 1 aromatic carbocycles. The number of benzene rings is 1. The molecule has 18 heavy (non-hydrogen) atoms. The van der Waals surface area contributed by atoms with Crippen LogP contribution in [0.4, 0.5) is 0 Å². The van der Waals surface area contributed by atoms with Gasteiger partial charge in [0, 0.05) is 6.04 Å². The second-order valence-corrected chi connectivity index (χ2v) is 4.42. The van der Waals surface area contributed by atoms with Crippen LogP contribution < -0.4 is 14.8 Å². The van der Waals surface area contributed by atoms with E-state index in [0.717, 1.165) is 44.1 Å². The van der Waals surface area contributed by atoms with Crippen LogP contribution in [-0.4, -0.2) is 25.8 Å². The van der Waals surface area contributed by atoms with Crippen molar-refractivity contribution in [3.63, 3.8) is 0 Å². The van der Waals surface area contributed by atoms with Crippen molar-refractivity contribution in [3.8, 4) is 11.5 Å². The Bertz CT molecular complexity index is 311. The maximum Gasteiger partial charge on any atom is 0.119 e. The minimum atomic E-state index is 0.502. The normalized spacial score (nSPS) is 12.2. The summed E-state index contributed by atoms with van der Waals surface area (Å²) in [5.74, 6) is 1.81. The predicted octanol–water partition coefficient (Wildman–Crippen LogP) is 3.24. The molecule has 0 aromatic heterocycles. The van der Waals surface area contributed by atoms with Crippen LogP contribution in [0.25, 0.3) is 0 Å². The highest BCUT2D eigenvalue weighted by atomic mass is 16.5. The van der Waals surface area contributed by atoms with Gasteiger partial charge >= 0.3 is 0 Å². The van der Waals surface area contributed by atoms with Crippen LogP contribution in [0.3, 0.4) is 0 Å². The highest BCUT2D eigenvalue weighted by molar-refractivity contribution is 5.31. The lowest BCUT2D eigenvalue weighted by atomic mass is 10.2. The monoisotopic (exact) mass is 251 g/mol. The molecule has 0 aliphatic carbocycles. The summed E-state index contributed by atoms with van der Waals surface area (Å²) in [4.78, 5) is 0. The molecule has 1 rings (SSSR count). The van der Waals surface area contributed by atoms with Crippen LogP contribution in [0.5, 0.6) is 11.5 Å². The van der Waals surface area contributed by atoms with E-state index in [1.165, 1.54) is 0 Å². The zero-order chi connectivity index (χ0) is 13.2. The second kappa shape index (κ2) is 8.81. The molecular formula is C15H25NO2. The Labute approximate surface area is 110 Å². The Kier molecular flexibility index (Phi) is 7.26. The molecule has 0 bridgehead atoms. The Morgan fingerprint density at radius 2 is 1.56 bits per heavy atom. The van der Waals surface area contributed by atoms with Crippen molar-refractivity contribution in [2.45, 2.75) is 39.7 Å². The number of ether oxygens (including phenoxy) is 2. The topological polar surface area (TPSA) is 30.5 Å². The fourth-order valence-electron chi connectivity index (χ4n) is 1.66. The summed E-state index contributed by atoms with van der Waals surface area (Å²) in [6, 6.07) is 8.34. The lowest BCUT2D eigenvalue weighted by Gasteiger charge is -2.13. The Morgan fingerprint density at radius 3 is 2.06 bits per heavy atom. The molecule has 0 saturated carbocycles. The standard InChI is InChI=1S/C15H25NO2/c1-4-11-17-14-6-8-15(9-7-14)18-12-10-13(3)16-5-2/h6-9,13,16H,4-5,10-12H2,1-3H3. The fourth-order valence-corrected chi connectivity index (χ4v) is 1.66. The molecule has 3 nitrogen and oxygen atoms in total. The molecule has 102 valence electrons. The maximum absolute atomic E-state index is 5.69. The van der Waals surface area contributed by atoms with Crippen LogP contribution in [0.2, 0.25) is 0 Å². The summed E-state index contributed by atoms with van der Waals surface area (Å²) in [5, 5.41) is 3.36. The van der Waals surface area contributed by atoms with Gasteiger partial charge < -0.3 is 14.8 Å². The molecular weight excluding hydrogens is 226 g/mol. The molecule has 1 atom stereocenters. The average Bonchev–Trinajstić information content (AvgIpc) is 2.38. The van der Waals surface area contributed by atoms with Crippen molar-refractivity contribution in [2.75, 3.05) is 19.8 Å². The Hall–Kier alpha value is -1.22. The van der Waals surface area contributed by atoms with Gasteiger partial charge in [-0.25, -0.2) is 0 Å². The SMILES string of the molecule is CCCOc1ccc(OCCC(C)NCC)cc1. The number of hydrogen-bond acceptors (Lipinski definition) is 3. The zero-order valence-electron chi connectivity index (χ0n) is 11.7. The van der Waals surface area contributed by atoms with Gasteiger partial charge in [0.1, 0.15) is 11.5 Å². The first kappa shape index (κ1) is 14.8. The zero-order valence-corrected chi connectivity index (χ0v) is 11.7. The summed E-state index contributed by atoms with van der Waals surface area (Å²) in [6.45, 7) is 8.90. The molecule has 0 aliphatic heterocycles. The van der Waals surface area contributed by atoms with Gasteiger partial charge in [0.05, 0.1) is 13.2 Å². The van der Waals surface area contributed by atoms with E-state index in [1.807, 2.05) is 24.3 Å². The minimum Gasteiger partial charge on any atom is -0.494 e. The molecule has 0 saturated heterocycles. The van der Waals surface area contributed by atoms with Crippen molar-refractivity contribution >= 4 is 0 Å². The van der Waals surface area contributed by atoms with Crippen molar-refractivity contribution in [1.82, 2.24) is 5.32 Å². The third-order valence-corrected chi connectivity index (χ3v) is 2.67. The smallest absolute Gasteiger partial charge is 0.119 e. The van der Waals surface area contributed by atoms with E-state index in [2.05, 4.69) is 26.1 Å². The molecule has 0 amide bonds. The highest BCUT2D eigenvalue weighted by Crippen LogP contribution is 2.17. The summed E-state index contributed by atoms with van der Waals surface area (Å²) < 4.78 is 11.2. The minimum absolute atomic E-state index is 0.502. The van der Waals surface area contributed by atoms with E-state index in [-0.39, 0.29) is 0 Å². The molecule has 3 heteroatoms. The Morgan fingerprint density at radius 1 is 1.00 bits per heavy atom. The Balaban J connectivity index is 2.26. The third-order valence-electron chi connectivity index (χ3n) is 2.67. The van der Waals surface area contributed by atoms with Gasteiger partial charge in [-0.05, 0) is 50.6 Å². The predicted molar refractivity (Wildman–Crippen MR) is 75.5 cm³/mol. The highest BCUT2D eigenvalue weighted by Gasteiger charge is 2.00. The molecule has 0 heterocycles. The lowest BCUT2D eigenvalue weighted by molar-refractivity contribution is 0.289. The van der Waals surface area contributed by atoms with E-state index >= 15 is 0 Å². The van der Waals surface area contributed by atoms with E-state index in [1.54, 1.807) is 0 Å². The van der Waals surface area contributed by atoms with Crippen LogP contribution in [0.1, 0.15) is 33.6 Å². The number of rotatable bonds is 9. The van der Waals surface area contributed by atoms with Crippen molar-refractivity contribution in [2.24, 2.45) is 0 Å². The van der Waals surface area contributed by atoms with E-state index < -0.39 is 0 Å². The summed E-state index contributed by atoms with van der Waals surface area (Å²) in [5.41, 5.74) is 0. The molecule has 0 spiro atoms. The quantitative estimate of drug-likeness (QED) is 0.731. The second-order valence-electron chi connectivity index (χ2n) is 4.42. The summed E-state index contributed by atoms with van der Waals surface area (Å²) in [7, 11) is 0. The number of hydrogen-bond donors (Lipinski definition) is 1. The van der Waals surface area contributed by atoms with E-state index in [9.17, 15) is 0 Å². The van der Waals surface area contributed by atoms with Crippen molar-refractivity contribution in [1.29, 1.82) is 0 Å². The van der Waals surface area contributed by atoms with Crippen molar-refractivity contribution in [3.05, 3.63) is 24.3 Å². The lowest BCUT2D eigenvalue weighted by Crippen LogP contribution is -2.27. The van der Waals surface area contributed by atoms with E-state index in [4.69, 9.17) is 9.47 Å². The first-order valence-electron chi connectivity index (χ1n) is 6.85. The van der Waals surface area contributed by atoms with Crippen LogP contribution >= 0.6 is 0 Å². The maximum atomic E-state index is 5.69. The fraction of sp³-hybridized carbons (Fsp3) is 0.600. The first-order valence-corrected chi connectivity index (χ1v) is 6.85. The molecule has 1 unspecified atom stereocenters. The summed E-state index contributed by atoms with van der Waals surface area (Å²) in [6.07, 6.45) is 2.04. The average molecular weight is 251 g/mol. The van der Waals surface area contributed by atoms with Gasteiger partial charge in [0.25, 0.3) is 0 Å². The molecule has 1 N–H and O–H groups in total. The van der Waals surface area contributed by atoms with Gasteiger partial charge in [-0.3, -0.25) is 0 Å². The van der Waals surface area contributed by atoms with Gasteiger partial charge in [-0.1, -0.05) is 13.8 Å². The third kappa shape index (κ3) is 5.92. The van der Waals surface area contributed by atoms with Crippen LogP contribution in [0.15, 0.2) is 24.3 Å².